The summed E-state index contributed by atoms with van der Waals surface area (Å²) in [4.78, 5) is 14.2. The number of amides is 1. The van der Waals surface area contributed by atoms with E-state index in [1.807, 2.05) is 24.8 Å². The lowest BCUT2D eigenvalue weighted by Crippen LogP contribution is -2.70. The molecule has 0 atom stereocenters. The SMILES string of the molecule is CCn1nc(C)cc1C(=O)N1CC(N)(C2CC2)C1. The van der Waals surface area contributed by atoms with Crippen molar-refractivity contribution in [1.29, 1.82) is 0 Å². The summed E-state index contributed by atoms with van der Waals surface area (Å²) in [5, 5.41) is 4.31. The number of hydrogen-bond donors (Lipinski definition) is 1. The molecule has 5 heteroatoms. The molecule has 1 saturated heterocycles. The lowest BCUT2D eigenvalue weighted by atomic mass is 9.85. The number of aromatic nitrogens is 2. The predicted octanol–water partition coefficient (Wildman–Crippen LogP) is 0.775. The van der Waals surface area contributed by atoms with Gasteiger partial charge in [0.1, 0.15) is 5.69 Å². The van der Waals surface area contributed by atoms with Crippen molar-refractivity contribution in [3.63, 3.8) is 0 Å². The van der Waals surface area contributed by atoms with Crippen molar-refractivity contribution < 1.29 is 4.79 Å². The quantitative estimate of drug-likeness (QED) is 0.859. The van der Waals surface area contributed by atoms with Crippen molar-refractivity contribution in [2.75, 3.05) is 13.1 Å². The summed E-state index contributed by atoms with van der Waals surface area (Å²) in [5.41, 5.74) is 7.74. The minimum Gasteiger partial charge on any atom is -0.333 e. The van der Waals surface area contributed by atoms with Gasteiger partial charge in [-0.1, -0.05) is 0 Å². The summed E-state index contributed by atoms with van der Waals surface area (Å²) >= 11 is 0. The van der Waals surface area contributed by atoms with Crippen LogP contribution in [0, 0.1) is 12.8 Å². The van der Waals surface area contributed by atoms with Crippen molar-refractivity contribution in [2.45, 2.75) is 38.8 Å². The molecule has 0 aromatic carbocycles. The van der Waals surface area contributed by atoms with Crippen molar-refractivity contribution in [1.82, 2.24) is 14.7 Å². The Morgan fingerprint density at radius 3 is 2.78 bits per heavy atom. The smallest absolute Gasteiger partial charge is 0.272 e. The van der Waals surface area contributed by atoms with E-state index in [9.17, 15) is 4.79 Å². The second kappa shape index (κ2) is 3.82. The van der Waals surface area contributed by atoms with Crippen LogP contribution in [0.25, 0.3) is 0 Å². The van der Waals surface area contributed by atoms with Gasteiger partial charge in [-0.25, -0.2) is 0 Å². The molecule has 3 rings (SSSR count). The van der Waals surface area contributed by atoms with Gasteiger partial charge in [0.2, 0.25) is 0 Å². The van der Waals surface area contributed by atoms with Crippen LogP contribution in [0.4, 0.5) is 0 Å². The van der Waals surface area contributed by atoms with Crippen LogP contribution < -0.4 is 5.73 Å². The zero-order chi connectivity index (χ0) is 12.9. The van der Waals surface area contributed by atoms with Gasteiger partial charge in [-0.05, 0) is 38.7 Å². The largest absolute Gasteiger partial charge is 0.333 e. The highest BCUT2D eigenvalue weighted by Gasteiger charge is 2.52. The Bertz CT molecular complexity index is 483. The molecular formula is C13H20N4O. The number of carbonyl (C=O) groups is 1. The molecule has 1 aromatic rings. The maximum absolute atomic E-state index is 12.4. The Labute approximate surface area is 107 Å². The maximum Gasteiger partial charge on any atom is 0.272 e. The number of aryl methyl sites for hydroxylation is 2. The summed E-state index contributed by atoms with van der Waals surface area (Å²) in [7, 11) is 0. The molecule has 0 unspecified atom stereocenters. The van der Waals surface area contributed by atoms with E-state index in [1.165, 1.54) is 12.8 Å². The third kappa shape index (κ3) is 1.73. The van der Waals surface area contributed by atoms with E-state index in [4.69, 9.17) is 5.73 Å². The third-order valence-electron chi connectivity index (χ3n) is 4.07. The first-order valence-corrected chi connectivity index (χ1v) is 6.66. The average Bonchev–Trinajstić information content (AvgIpc) is 3.08. The van der Waals surface area contributed by atoms with Crippen LogP contribution in [0.2, 0.25) is 0 Å². The summed E-state index contributed by atoms with van der Waals surface area (Å²) < 4.78 is 1.77. The molecule has 1 saturated carbocycles. The van der Waals surface area contributed by atoms with E-state index in [1.54, 1.807) is 4.68 Å². The van der Waals surface area contributed by atoms with Gasteiger partial charge < -0.3 is 10.6 Å². The zero-order valence-electron chi connectivity index (χ0n) is 11.0. The maximum atomic E-state index is 12.4. The third-order valence-corrected chi connectivity index (χ3v) is 4.07. The van der Waals surface area contributed by atoms with Gasteiger partial charge >= 0.3 is 0 Å². The molecule has 2 N–H and O–H groups in total. The minimum absolute atomic E-state index is 0.0687. The van der Waals surface area contributed by atoms with Crippen LogP contribution in [-0.4, -0.2) is 39.2 Å². The van der Waals surface area contributed by atoms with E-state index < -0.39 is 0 Å². The molecule has 98 valence electrons. The van der Waals surface area contributed by atoms with E-state index in [-0.39, 0.29) is 11.4 Å². The fourth-order valence-electron chi connectivity index (χ4n) is 2.85. The highest BCUT2D eigenvalue weighted by Crippen LogP contribution is 2.43. The highest BCUT2D eigenvalue weighted by molar-refractivity contribution is 5.93. The van der Waals surface area contributed by atoms with Crippen LogP contribution in [-0.2, 0) is 6.54 Å². The zero-order valence-corrected chi connectivity index (χ0v) is 11.0. The lowest BCUT2D eigenvalue weighted by molar-refractivity contribution is 0.0339. The fraction of sp³-hybridized carbons (Fsp3) is 0.692. The van der Waals surface area contributed by atoms with E-state index >= 15 is 0 Å². The monoisotopic (exact) mass is 248 g/mol. The van der Waals surface area contributed by atoms with Crippen LogP contribution in [0.1, 0.15) is 35.9 Å². The van der Waals surface area contributed by atoms with Gasteiger partial charge in [0.05, 0.1) is 11.2 Å². The van der Waals surface area contributed by atoms with Crippen molar-refractivity contribution in [3.05, 3.63) is 17.5 Å². The lowest BCUT2D eigenvalue weighted by Gasteiger charge is -2.48. The molecule has 1 amide bonds. The fourth-order valence-corrected chi connectivity index (χ4v) is 2.85. The van der Waals surface area contributed by atoms with E-state index in [0.29, 0.717) is 24.7 Å². The Balaban J connectivity index is 1.72. The summed E-state index contributed by atoms with van der Waals surface area (Å²) in [5.74, 6) is 0.707. The summed E-state index contributed by atoms with van der Waals surface area (Å²) in [6, 6.07) is 1.86. The molecule has 2 heterocycles. The van der Waals surface area contributed by atoms with Gasteiger partial charge in [0.15, 0.2) is 0 Å². The van der Waals surface area contributed by atoms with Gasteiger partial charge in [0, 0.05) is 19.6 Å². The molecule has 0 bridgehead atoms. The first kappa shape index (κ1) is 11.7. The Morgan fingerprint density at radius 2 is 2.22 bits per heavy atom. The summed E-state index contributed by atoms with van der Waals surface area (Å²) in [6.45, 7) is 6.03. The van der Waals surface area contributed by atoms with Gasteiger partial charge in [-0.3, -0.25) is 9.48 Å². The number of hydrogen-bond acceptors (Lipinski definition) is 3. The van der Waals surface area contributed by atoms with Crippen molar-refractivity contribution in [3.8, 4) is 0 Å². The minimum atomic E-state index is -0.109. The Morgan fingerprint density at radius 1 is 1.56 bits per heavy atom. The molecule has 5 nitrogen and oxygen atoms in total. The van der Waals surface area contributed by atoms with E-state index in [0.717, 1.165) is 12.2 Å². The molecule has 18 heavy (non-hydrogen) atoms. The topological polar surface area (TPSA) is 64.2 Å². The first-order chi connectivity index (χ1) is 8.53. The number of carbonyl (C=O) groups excluding carboxylic acids is 1. The summed E-state index contributed by atoms with van der Waals surface area (Å²) in [6.07, 6.45) is 2.45. The van der Waals surface area contributed by atoms with Crippen molar-refractivity contribution >= 4 is 5.91 Å². The number of nitrogens with zero attached hydrogens (tertiary/aromatic N) is 3. The Kier molecular flexibility index (Phi) is 2.48. The predicted molar refractivity (Wildman–Crippen MR) is 68.2 cm³/mol. The van der Waals surface area contributed by atoms with Gasteiger partial charge in [-0.15, -0.1) is 0 Å². The molecule has 0 spiro atoms. The molecular weight excluding hydrogens is 228 g/mol. The number of rotatable bonds is 3. The standard InChI is InChI=1S/C13H20N4O/c1-3-17-11(6-9(2)15-17)12(18)16-7-13(14,8-16)10-4-5-10/h6,10H,3-5,7-8,14H2,1-2H3. The molecule has 0 radical (unpaired) electrons. The second-order valence-electron chi connectivity index (χ2n) is 5.66. The van der Waals surface area contributed by atoms with Crippen LogP contribution in [0.15, 0.2) is 6.07 Å². The molecule has 1 aromatic heterocycles. The van der Waals surface area contributed by atoms with Crippen molar-refractivity contribution in [2.24, 2.45) is 11.7 Å². The van der Waals surface area contributed by atoms with Crippen LogP contribution >= 0.6 is 0 Å². The highest BCUT2D eigenvalue weighted by atomic mass is 16.2. The second-order valence-corrected chi connectivity index (χ2v) is 5.66. The molecule has 2 fully saturated rings. The van der Waals surface area contributed by atoms with Gasteiger partial charge in [0.25, 0.3) is 5.91 Å². The molecule has 2 aliphatic rings. The first-order valence-electron chi connectivity index (χ1n) is 6.66. The average molecular weight is 248 g/mol. The molecule has 1 aliphatic heterocycles. The van der Waals surface area contributed by atoms with Crippen LogP contribution in [0.5, 0.6) is 0 Å². The normalized spacial score (nSPS) is 21.8. The van der Waals surface area contributed by atoms with E-state index in [2.05, 4.69) is 5.10 Å². The Hall–Kier alpha value is -1.36. The number of nitrogens with two attached hydrogens (primary N) is 1. The van der Waals surface area contributed by atoms with Gasteiger partial charge in [-0.2, -0.15) is 5.10 Å². The number of likely N-dealkylation sites (tertiary alicyclic amines) is 1. The van der Waals surface area contributed by atoms with Crippen LogP contribution in [0.3, 0.4) is 0 Å². The molecule has 1 aliphatic carbocycles.